The van der Waals surface area contributed by atoms with Gasteiger partial charge in [-0.25, -0.2) is 4.98 Å². The normalized spacial score (nSPS) is 11.4. The first kappa shape index (κ1) is 19.5. The number of nitriles is 1. The Kier molecular flexibility index (Phi) is 6.75. The van der Waals surface area contributed by atoms with Crippen LogP contribution in [0.15, 0.2) is 42.6 Å². The van der Waals surface area contributed by atoms with E-state index in [-0.39, 0.29) is 18.1 Å². The molecule has 7 heteroatoms. The van der Waals surface area contributed by atoms with E-state index in [1.54, 1.807) is 6.07 Å². The Morgan fingerprint density at radius 3 is 2.62 bits per heavy atom. The Morgan fingerprint density at radius 2 is 2.04 bits per heavy atom. The van der Waals surface area contributed by atoms with Gasteiger partial charge in [0.15, 0.2) is 0 Å². The van der Waals surface area contributed by atoms with Crippen molar-refractivity contribution in [2.45, 2.75) is 25.1 Å². The molecule has 1 atom stereocenters. The van der Waals surface area contributed by atoms with E-state index in [0.29, 0.717) is 5.56 Å². The molecule has 0 aliphatic carbocycles. The molecule has 6 nitrogen and oxygen atoms in total. The van der Waals surface area contributed by atoms with Crippen molar-refractivity contribution in [1.82, 2.24) is 9.88 Å². The van der Waals surface area contributed by atoms with Gasteiger partial charge in [-0.05, 0) is 29.2 Å². The van der Waals surface area contributed by atoms with Crippen molar-refractivity contribution in [2.75, 3.05) is 6.54 Å². The summed E-state index contributed by atoms with van der Waals surface area (Å²) in [5.74, 6) is -1.50. The zero-order valence-electron chi connectivity index (χ0n) is 14.3. The molecule has 134 valence electrons. The largest absolute Gasteiger partial charge is 0.480 e. The third-order valence-corrected chi connectivity index (χ3v) is 4.41. The first-order valence-corrected chi connectivity index (χ1v) is 8.59. The number of carboxylic acids is 1. The molecule has 1 amide bonds. The molecule has 1 heterocycles. The number of carbonyl (C=O) groups excluding carboxylic acids is 1. The van der Waals surface area contributed by atoms with Crippen LogP contribution in [0.25, 0.3) is 0 Å². The minimum absolute atomic E-state index is 0.0786. The molecule has 2 rings (SSSR count). The molecule has 1 aromatic heterocycles. The maximum atomic E-state index is 12.9. The number of aliphatic carboxylic acids is 1. The summed E-state index contributed by atoms with van der Waals surface area (Å²) in [6, 6.07) is 12.6. The van der Waals surface area contributed by atoms with Crippen LogP contribution in [0.4, 0.5) is 0 Å². The van der Waals surface area contributed by atoms with Crippen LogP contribution >= 0.6 is 12.6 Å². The summed E-state index contributed by atoms with van der Waals surface area (Å²) in [7, 11) is 0. The predicted molar refractivity (Wildman–Crippen MR) is 99.6 cm³/mol. The SMILES string of the molecule is CCc1ccccc1C(S)C(=O)N(CC(=O)O)Cc1ccc(C#N)nc1. The van der Waals surface area contributed by atoms with Crippen LogP contribution in [0.1, 0.15) is 34.6 Å². The Bertz CT molecular complexity index is 831. The first-order chi connectivity index (χ1) is 12.5. The molecular weight excluding hydrogens is 350 g/mol. The molecule has 0 spiro atoms. The molecule has 1 aromatic carbocycles. The summed E-state index contributed by atoms with van der Waals surface area (Å²) in [4.78, 5) is 29.3. The number of carbonyl (C=O) groups is 2. The average Bonchev–Trinajstić information content (AvgIpc) is 2.66. The van der Waals surface area contributed by atoms with Crippen LogP contribution in [0, 0.1) is 11.3 Å². The monoisotopic (exact) mass is 369 g/mol. The molecule has 0 saturated carbocycles. The number of hydrogen-bond donors (Lipinski definition) is 2. The average molecular weight is 369 g/mol. The van der Waals surface area contributed by atoms with Gasteiger partial charge in [-0.2, -0.15) is 17.9 Å². The van der Waals surface area contributed by atoms with Crippen molar-refractivity contribution in [1.29, 1.82) is 5.26 Å². The molecule has 0 saturated heterocycles. The van der Waals surface area contributed by atoms with Gasteiger partial charge in [0.1, 0.15) is 23.6 Å². The van der Waals surface area contributed by atoms with Gasteiger partial charge >= 0.3 is 5.97 Å². The number of aromatic nitrogens is 1. The van der Waals surface area contributed by atoms with Crippen LogP contribution in [0.2, 0.25) is 0 Å². The third kappa shape index (κ3) is 4.83. The summed E-state index contributed by atoms with van der Waals surface area (Å²) in [5, 5.41) is 17.2. The zero-order chi connectivity index (χ0) is 19.1. The quantitative estimate of drug-likeness (QED) is 0.732. The summed E-state index contributed by atoms with van der Waals surface area (Å²) in [6.07, 6.45) is 2.22. The smallest absolute Gasteiger partial charge is 0.323 e. The highest BCUT2D eigenvalue weighted by molar-refractivity contribution is 7.81. The lowest BCUT2D eigenvalue weighted by Crippen LogP contribution is -2.37. The highest BCUT2D eigenvalue weighted by Crippen LogP contribution is 2.27. The highest BCUT2D eigenvalue weighted by Gasteiger charge is 2.26. The fraction of sp³-hybridized carbons (Fsp3) is 0.263. The fourth-order valence-corrected chi connectivity index (χ4v) is 3.02. The van der Waals surface area contributed by atoms with Crippen molar-refractivity contribution in [3.63, 3.8) is 0 Å². The van der Waals surface area contributed by atoms with Gasteiger partial charge in [0.2, 0.25) is 5.91 Å². The van der Waals surface area contributed by atoms with E-state index in [1.807, 2.05) is 37.3 Å². The molecule has 0 bridgehead atoms. The van der Waals surface area contributed by atoms with Gasteiger partial charge < -0.3 is 10.0 Å². The van der Waals surface area contributed by atoms with E-state index in [9.17, 15) is 9.59 Å². The number of hydrogen-bond acceptors (Lipinski definition) is 5. The molecule has 1 N–H and O–H groups in total. The molecule has 26 heavy (non-hydrogen) atoms. The van der Waals surface area contributed by atoms with Crippen molar-refractivity contribution in [3.8, 4) is 6.07 Å². The molecule has 0 aliphatic heterocycles. The van der Waals surface area contributed by atoms with E-state index < -0.39 is 17.8 Å². The third-order valence-electron chi connectivity index (χ3n) is 3.92. The first-order valence-electron chi connectivity index (χ1n) is 8.07. The topological polar surface area (TPSA) is 94.3 Å². The van der Waals surface area contributed by atoms with Gasteiger partial charge in [0.25, 0.3) is 0 Å². The second-order valence-corrected chi connectivity index (χ2v) is 6.22. The molecule has 2 aromatic rings. The molecular formula is C19H19N3O3S. The van der Waals surface area contributed by atoms with Gasteiger partial charge in [-0.1, -0.05) is 37.3 Å². The van der Waals surface area contributed by atoms with Crippen LogP contribution in [-0.4, -0.2) is 33.4 Å². The molecule has 1 unspecified atom stereocenters. The second kappa shape index (κ2) is 9.02. The van der Waals surface area contributed by atoms with Gasteiger partial charge in [0.05, 0.1) is 0 Å². The summed E-state index contributed by atoms with van der Waals surface area (Å²) in [6.45, 7) is 1.63. The van der Waals surface area contributed by atoms with E-state index in [2.05, 4.69) is 17.6 Å². The lowest BCUT2D eigenvalue weighted by molar-refractivity contribution is -0.144. The van der Waals surface area contributed by atoms with Gasteiger partial charge in [-0.15, -0.1) is 0 Å². The van der Waals surface area contributed by atoms with Crippen LogP contribution in [0.3, 0.4) is 0 Å². The number of thiol groups is 1. The number of carboxylic acid groups (broad SMARTS) is 1. The zero-order valence-corrected chi connectivity index (χ0v) is 15.2. The molecule has 0 radical (unpaired) electrons. The standard InChI is InChI=1S/C19H19N3O3S/c1-2-14-5-3-4-6-16(14)18(26)19(25)22(12-17(23)24)11-13-7-8-15(9-20)21-10-13/h3-8,10,18,26H,2,11-12H2,1H3,(H,23,24). The minimum atomic E-state index is -1.11. The lowest BCUT2D eigenvalue weighted by atomic mass is 10.0. The van der Waals surface area contributed by atoms with Gasteiger partial charge in [-0.3, -0.25) is 9.59 Å². The summed E-state index contributed by atoms with van der Waals surface area (Å²) in [5.41, 5.74) is 2.67. The van der Waals surface area contributed by atoms with Crippen LogP contribution in [-0.2, 0) is 22.6 Å². The maximum Gasteiger partial charge on any atom is 0.323 e. The summed E-state index contributed by atoms with van der Waals surface area (Å²) < 4.78 is 0. The van der Waals surface area contributed by atoms with Crippen molar-refractivity contribution in [3.05, 3.63) is 65.0 Å². The van der Waals surface area contributed by atoms with E-state index in [1.165, 1.54) is 17.2 Å². The Morgan fingerprint density at radius 1 is 1.31 bits per heavy atom. The second-order valence-electron chi connectivity index (χ2n) is 5.71. The number of aryl methyl sites for hydroxylation is 1. The fourth-order valence-electron chi connectivity index (χ4n) is 2.61. The Hall–Kier alpha value is -2.85. The Labute approximate surface area is 157 Å². The van der Waals surface area contributed by atoms with E-state index in [0.717, 1.165) is 17.5 Å². The minimum Gasteiger partial charge on any atom is -0.480 e. The van der Waals surface area contributed by atoms with E-state index in [4.69, 9.17) is 10.4 Å². The van der Waals surface area contributed by atoms with Crippen molar-refractivity contribution < 1.29 is 14.7 Å². The number of amides is 1. The summed E-state index contributed by atoms with van der Waals surface area (Å²) >= 11 is 4.45. The van der Waals surface area contributed by atoms with Crippen LogP contribution in [0.5, 0.6) is 0 Å². The molecule has 0 aliphatic rings. The van der Waals surface area contributed by atoms with Crippen molar-refractivity contribution >= 4 is 24.5 Å². The highest BCUT2D eigenvalue weighted by atomic mass is 32.1. The Balaban J connectivity index is 2.25. The maximum absolute atomic E-state index is 12.9. The van der Waals surface area contributed by atoms with Crippen LogP contribution < -0.4 is 0 Å². The number of benzene rings is 1. The number of rotatable bonds is 7. The molecule has 0 fully saturated rings. The number of nitrogens with zero attached hydrogens (tertiary/aromatic N) is 3. The van der Waals surface area contributed by atoms with Crippen molar-refractivity contribution in [2.24, 2.45) is 0 Å². The van der Waals surface area contributed by atoms with Gasteiger partial charge in [0, 0.05) is 12.7 Å². The number of pyridine rings is 1. The predicted octanol–water partition coefficient (Wildman–Crippen LogP) is 2.60. The lowest BCUT2D eigenvalue weighted by Gasteiger charge is -2.25. The van der Waals surface area contributed by atoms with E-state index >= 15 is 0 Å².